The Bertz CT molecular complexity index is 861. The Morgan fingerprint density at radius 2 is 2.04 bits per heavy atom. The van der Waals surface area contributed by atoms with E-state index in [2.05, 4.69) is 39.4 Å². The number of hydrogen-bond acceptors (Lipinski definition) is 4. The lowest BCUT2D eigenvalue weighted by atomic mass is 10.1. The molecule has 4 rings (SSSR count). The summed E-state index contributed by atoms with van der Waals surface area (Å²) in [6.07, 6.45) is 2.19. The number of aryl methyl sites for hydroxylation is 1. The summed E-state index contributed by atoms with van der Waals surface area (Å²) in [7, 11) is 1.74. The summed E-state index contributed by atoms with van der Waals surface area (Å²) in [6.45, 7) is 3.70. The summed E-state index contributed by atoms with van der Waals surface area (Å²) >= 11 is 0. The van der Waals surface area contributed by atoms with Crippen LogP contribution in [0, 0.1) is 0 Å². The number of fused-ring (bicyclic) bond motifs is 1. The molecule has 1 atom stereocenters. The van der Waals surface area contributed by atoms with Crippen molar-refractivity contribution in [1.82, 2.24) is 15.1 Å². The summed E-state index contributed by atoms with van der Waals surface area (Å²) in [6, 6.07) is 16.5. The zero-order chi connectivity index (χ0) is 17.8. The van der Waals surface area contributed by atoms with E-state index in [1.165, 1.54) is 5.56 Å². The standard InChI is InChI=1S/C21H25N3O2/c1-25-19-11-5-2-7-16(19)8-6-12-24-13-14-26-20(15-24)21-17-9-3-4-10-18(17)22-23-21/h2-5,7,9-11,20H,6,8,12-15H2,1H3,(H,22,23). The molecule has 0 saturated carbocycles. The van der Waals surface area contributed by atoms with Crippen molar-refractivity contribution in [3.05, 3.63) is 59.8 Å². The number of rotatable bonds is 6. The van der Waals surface area contributed by atoms with Crippen LogP contribution in [0.1, 0.15) is 23.8 Å². The Morgan fingerprint density at radius 3 is 2.96 bits per heavy atom. The zero-order valence-electron chi connectivity index (χ0n) is 15.1. The number of aromatic amines is 1. The molecule has 2 heterocycles. The first kappa shape index (κ1) is 17.1. The third-order valence-electron chi connectivity index (χ3n) is 5.08. The fourth-order valence-electron chi connectivity index (χ4n) is 3.71. The van der Waals surface area contributed by atoms with Gasteiger partial charge in [0.15, 0.2) is 0 Å². The molecule has 0 amide bonds. The Hall–Kier alpha value is -2.37. The lowest BCUT2D eigenvalue weighted by molar-refractivity contribution is -0.0316. The highest BCUT2D eigenvalue weighted by atomic mass is 16.5. The molecule has 1 aliphatic rings. The maximum atomic E-state index is 6.03. The number of nitrogens with zero attached hydrogens (tertiary/aromatic N) is 2. The second-order valence-corrected chi connectivity index (χ2v) is 6.73. The molecule has 136 valence electrons. The van der Waals surface area contributed by atoms with Crippen LogP contribution in [-0.4, -0.2) is 48.4 Å². The molecule has 0 spiro atoms. The first-order valence-electron chi connectivity index (χ1n) is 9.24. The summed E-state index contributed by atoms with van der Waals surface area (Å²) in [5, 5.41) is 8.75. The number of hydrogen-bond donors (Lipinski definition) is 1. The smallest absolute Gasteiger partial charge is 0.122 e. The van der Waals surface area contributed by atoms with Gasteiger partial charge in [0.05, 0.1) is 24.9 Å². The number of nitrogens with one attached hydrogen (secondary N) is 1. The topological polar surface area (TPSA) is 50.4 Å². The van der Waals surface area contributed by atoms with Crippen LogP contribution < -0.4 is 4.74 Å². The van der Waals surface area contributed by atoms with Crippen LogP contribution >= 0.6 is 0 Å². The maximum absolute atomic E-state index is 6.03. The van der Waals surface area contributed by atoms with Gasteiger partial charge in [0.25, 0.3) is 0 Å². The molecule has 1 fully saturated rings. The molecular formula is C21H25N3O2. The Morgan fingerprint density at radius 1 is 1.19 bits per heavy atom. The van der Waals surface area contributed by atoms with E-state index in [9.17, 15) is 0 Å². The average molecular weight is 351 g/mol. The zero-order valence-corrected chi connectivity index (χ0v) is 15.1. The Kier molecular flexibility index (Phi) is 5.18. The quantitative estimate of drug-likeness (QED) is 0.737. The predicted molar refractivity (Wildman–Crippen MR) is 103 cm³/mol. The highest BCUT2D eigenvalue weighted by molar-refractivity contribution is 5.81. The van der Waals surface area contributed by atoms with Crippen molar-refractivity contribution >= 4 is 10.9 Å². The van der Waals surface area contributed by atoms with Crippen molar-refractivity contribution in [3.63, 3.8) is 0 Å². The van der Waals surface area contributed by atoms with Gasteiger partial charge in [0, 0.05) is 18.5 Å². The van der Waals surface area contributed by atoms with Gasteiger partial charge in [0.1, 0.15) is 11.9 Å². The van der Waals surface area contributed by atoms with Gasteiger partial charge in [-0.15, -0.1) is 0 Å². The molecule has 1 aliphatic heterocycles. The largest absolute Gasteiger partial charge is 0.496 e. The molecule has 3 aromatic rings. The number of morpholine rings is 1. The van der Waals surface area contributed by atoms with Crippen LogP contribution in [0.3, 0.4) is 0 Å². The van der Waals surface area contributed by atoms with Gasteiger partial charge < -0.3 is 9.47 Å². The fourth-order valence-corrected chi connectivity index (χ4v) is 3.71. The second kappa shape index (κ2) is 7.89. The molecule has 0 aliphatic carbocycles. The van der Waals surface area contributed by atoms with Crippen LogP contribution in [-0.2, 0) is 11.2 Å². The van der Waals surface area contributed by atoms with Gasteiger partial charge in [-0.3, -0.25) is 10.00 Å². The normalized spacial score (nSPS) is 18.3. The Labute approximate surface area is 153 Å². The molecule has 5 heteroatoms. The highest BCUT2D eigenvalue weighted by Crippen LogP contribution is 2.27. The molecule has 26 heavy (non-hydrogen) atoms. The van der Waals surface area contributed by atoms with Gasteiger partial charge in [0.2, 0.25) is 0 Å². The first-order chi connectivity index (χ1) is 12.8. The molecule has 5 nitrogen and oxygen atoms in total. The highest BCUT2D eigenvalue weighted by Gasteiger charge is 2.24. The fraction of sp³-hybridized carbons (Fsp3) is 0.381. The minimum atomic E-state index is 0.0578. The molecule has 1 N–H and O–H groups in total. The number of para-hydroxylation sites is 2. The van der Waals surface area contributed by atoms with Crippen LogP contribution in [0.5, 0.6) is 5.75 Å². The first-order valence-corrected chi connectivity index (χ1v) is 9.24. The monoisotopic (exact) mass is 351 g/mol. The summed E-state index contributed by atoms with van der Waals surface area (Å²) < 4.78 is 11.5. The molecule has 2 aromatic carbocycles. The predicted octanol–water partition coefficient (Wildman–Crippen LogP) is 3.58. The number of H-pyrrole nitrogens is 1. The minimum absolute atomic E-state index is 0.0578. The van der Waals surface area contributed by atoms with Crippen molar-refractivity contribution in [1.29, 1.82) is 0 Å². The van der Waals surface area contributed by atoms with Crippen molar-refractivity contribution in [2.75, 3.05) is 33.4 Å². The van der Waals surface area contributed by atoms with Crippen molar-refractivity contribution in [3.8, 4) is 5.75 Å². The van der Waals surface area contributed by atoms with Crippen molar-refractivity contribution in [2.24, 2.45) is 0 Å². The second-order valence-electron chi connectivity index (χ2n) is 6.73. The summed E-state index contributed by atoms with van der Waals surface area (Å²) in [4.78, 5) is 2.49. The number of methoxy groups -OCH3 is 1. The summed E-state index contributed by atoms with van der Waals surface area (Å²) in [5.74, 6) is 0.983. The maximum Gasteiger partial charge on any atom is 0.122 e. The SMILES string of the molecule is COc1ccccc1CCCN1CCOC(c2[nH]nc3ccccc23)C1. The molecule has 0 bridgehead atoms. The molecule has 0 radical (unpaired) electrons. The van der Waals surface area contributed by atoms with E-state index >= 15 is 0 Å². The lowest BCUT2D eigenvalue weighted by Gasteiger charge is -2.32. The van der Waals surface area contributed by atoms with Gasteiger partial charge in [-0.05, 0) is 37.1 Å². The van der Waals surface area contributed by atoms with Crippen LogP contribution in [0.25, 0.3) is 10.9 Å². The molecular weight excluding hydrogens is 326 g/mol. The van der Waals surface area contributed by atoms with Gasteiger partial charge in [-0.2, -0.15) is 5.10 Å². The van der Waals surface area contributed by atoms with E-state index in [-0.39, 0.29) is 6.10 Å². The minimum Gasteiger partial charge on any atom is -0.496 e. The van der Waals surface area contributed by atoms with Crippen LogP contribution in [0.4, 0.5) is 0 Å². The molecule has 1 saturated heterocycles. The summed E-state index contributed by atoms with van der Waals surface area (Å²) in [5.41, 5.74) is 3.37. The number of ether oxygens (including phenoxy) is 2. The third-order valence-corrected chi connectivity index (χ3v) is 5.08. The molecule has 1 unspecified atom stereocenters. The van der Waals surface area contributed by atoms with E-state index in [0.29, 0.717) is 0 Å². The molecule has 1 aromatic heterocycles. The lowest BCUT2D eigenvalue weighted by Crippen LogP contribution is -2.39. The number of benzene rings is 2. The van der Waals surface area contributed by atoms with E-state index in [4.69, 9.17) is 9.47 Å². The van der Waals surface area contributed by atoms with E-state index in [1.54, 1.807) is 7.11 Å². The van der Waals surface area contributed by atoms with E-state index in [0.717, 1.165) is 61.4 Å². The van der Waals surface area contributed by atoms with E-state index < -0.39 is 0 Å². The average Bonchev–Trinajstić information content (AvgIpc) is 3.13. The Balaban J connectivity index is 1.37. The van der Waals surface area contributed by atoms with Crippen LogP contribution in [0.2, 0.25) is 0 Å². The van der Waals surface area contributed by atoms with Gasteiger partial charge in [-0.1, -0.05) is 36.4 Å². The third kappa shape index (κ3) is 3.59. The number of aromatic nitrogens is 2. The van der Waals surface area contributed by atoms with Crippen molar-refractivity contribution < 1.29 is 9.47 Å². The van der Waals surface area contributed by atoms with Crippen LogP contribution in [0.15, 0.2) is 48.5 Å². The van der Waals surface area contributed by atoms with Gasteiger partial charge >= 0.3 is 0 Å². The van der Waals surface area contributed by atoms with Crippen molar-refractivity contribution in [2.45, 2.75) is 18.9 Å². The van der Waals surface area contributed by atoms with Gasteiger partial charge in [-0.25, -0.2) is 0 Å². The van der Waals surface area contributed by atoms with E-state index in [1.807, 2.05) is 24.3 Å².